The fourth-order valence-electron chi connectivity index (χ4n) is 4.06. The van der Waals surface area contributed by atoms with Crippen molar-refractivity contribution in [3.63, 3.8) is 0 Å². The zero-order valence-electron chi connectivity index (χ0n) is 19.1. The van der Waals surface area contributed by atoms with Crippen LogP contribution < -0.4 is 19.7 Å². The minimum Gasteiger partial charge on any atom is -0.493 e. The summed E-state index contributed by atoms with van der Waals surface area (Å²) in [5.74, 6) is 0.686. The maximum Gasteiger partial charge on any atom is 0.333 e. The predicted molar refractivity (Wildman–Crippen MR) is 149 cm³/mol. The molecule has 1 heterocycles. The molecule has 0 bridgehead atoms. The lowest BCUT2D eigenvalue weighted by Crippen LogP contribution is -2.30. The Morgan fingerprint density at radius 2 is 1.75 bits per heavy atom. The van der Waals surface area contributed by atoms with Gasteiger partial charge in [0.05, 0.1) is 16.4 Å². The molecule has 5 rings (SSSR count). The number of carbonyl (C=O) groups excluding carboxylic acids is 2. The second kappa shape index (κ2) is 10.2. The number of hydrogen-bond donors (Lipinski definition) is 1. The Hall–Kier alpha value is -3.56. The summed E-state index contributed by atoms with van der Waals surface area (Å²) in [6.45, 7) is 0.374. The molecule has 1 aliphatic rings. The Kier molecular flexibility index (Phi) is 6.84. The summed E-state index contributed by atoms with van der Waals surface area (Å²) in [6, 6.07) is 23.9. The van der Waals surface area contributed by atoms with Crippen LogP contribution in [-0.4, -0.2) is 19.0 Å². The third-order valence-corrected chi connectivity index (χ3v) is 6.83. The predicted octanol–water partition coefficient (Wildman–Crippen LogP) is 6.78. The van der Waals surface area contributed by atoms with E-state index in [1.54, 1.807) is 43.5 Å². The maximum atomic E-state index is 13.0. The van der Waals surface area contributed by atoms with Gasteiger partial charge in [0.15, 0.2) is 11.5 Å². The van der Waals surface area contributed by atoms with E-state index in [0.29, 0.717) is 34.4 Å². The molecular formula is C28H20ClIN2O4. The summed E-state index contributed by atoms with van der Waals surface area (Å²) in [4.78, 5) is 26.5. The van der Waals surface area contributed by atoms with E-state index >= 15 is 0 Å². The van der Waals surface area contributed by atoms with Gasteiger partial charge in [-0.2, -0.15) is 0 Å². The highest BCUT2D eigenvalue weighted by Gasteiger charge is 2.34. The number of carbonyl (C=O) groups is 2. The van der Waals surface area contributed by atoms with Gasteiger partial charge in [0.1, 0.15) is 12.3 Å². The SMILES string of the molecule is COc1cc(/C=C2/NC(=O)N(c3ccc(Cl)cc3)C2=O)cc(I)c1OCc1cccc2ccccc12. The Bertz CT molecular complexity index is 1510. The summed E-state index contributed by atoms with van der Waals surface area (Å²) in [7, 11) is 1.57. The number of imide groups is 1. The summed E-state index contributed by atoms with van der Waals surface area (Å²) >= 11 is 8.11. The van der Waals surface area contributed by atoms with Crippen LogP contribution in [0.4, 0.5) is 10.5 Å². The first kappa shape index (κ1) is 24.1. The van der Waals surface area contributed by atoms with Gasteiger partial charge in [-0.15, -0.1) is 0 Å². The summed E-state index contributed by atoms with van der Waals surface area (Å²) < 4.78 is 12.6. The van der Waals surface area contributed by atoms with Gasteiger partial charge in [-0.1, -0.05) is 54.1 Å². The number of halogens is 2. The number of rotatable bonds is 6. The standard InChI is InChI=1S/C28H20ClIN2O4/c1-35-25-15-17(14-24-27(33)32(28(34)31-24)21-11-9-20(29)10-12-21)13-23(30)26(25)36-16-19-7-4-6-18-5-2-3-8-22(18)19/h2-15H,16H2,1H3,(H,31,34)/b24-14+. The molecule has 4 aromatic rings. The molecule has 0 atom stereocenters. The lowest BCUT2D eigenvalue weighted by Gasteiger charge is -2.15. The van der Waals surface area contributed by atoms with Gasteiger partial charge >= 0.3 is 6.03 Å². The number of fused-ring (bicyclic) bond motifs is 1. The fourth-order valence-corrected chi connectivity index (χ4v) is 4.96. The van der Waals surface area contributed by atoms with Crippen molar-refractivity contribution in [3.05, 3.63) is 104 Å². The molecule has 0 spiro atoms. The number of methoxy groups -OCH3 is 1. The fraction of sp³-hybridized carbons (Fsp3) is 0.0714. The van der Waals surface area contributed by atoms with Crippen LogP contribution in [0.15, 0.2) is 84.6 Å². The molecule has 0 saturated carbocycles. The molecule has 180 valence electrons. The Labute approximate surface area is 226 Å². The van der Waals surface area contributed by atoms with Crippen molar-refractivity contribution in [1.82, 2.24) is 5.32 Å². The molecule has 6 nitrogen and oxygen atoms in total. The van der Waals surface area contributed by atoms with E-state index in [4.69, 9.17) is 21.1 Å². The van der Waals surface area contributed by atoms with Crippen LogP contribution in [0.2, 0.25) is 5.02 Å². The van der Waals surface area contributed by atoms with E-state index in [1.807, 2.05) is 30.3 Å². The Morgan fingerprint density at radius 3 is 2.53 bits per heavy atom. The number of amides is 3. The van der Waals surface area contributed by atoms with Crippen molar-refractivity contribution in [3.8, 4) is 11.5 Å². The summed E-state index contributed by atoms with van der Waals surface area (Å²) in [5.41, 5.74) is 2.36. The molecule has 36 heavy (non-hydrogen) atoms. The van der Waals surface area contributed by atoms with Crippen LogP contribution in [0.3, 0.4) is 0 Å². The third kappa shape index (κ3) is 4.76. The number of nitrogens with zero attached hydrogens (tertiary/aromatic N) is 1. The topological polar surface area (TPSA) is 67.9 Å². The van der Waals surface area contributed by atoms with Crippen molar-refractivity contribution < 1.29 is 19.1 Å². The molecule has 0 aromatic heterocycles. The van der Waals surface area contributed by atoms with Gasteiger partial charge in [-0.25, -0.2) is 9.69 Å². The number of ether oxygens (including phenoxy) is 2. The molecular weight excluding hydrogens is 591 g/mol. The normalized spacial score (nSPS) is 14.4. The van der Waals surface area contributed by atoms with E-state index in [9.17, 15) is 9.59 Å². The summed E-state index contributed by atoms with van der Waals surface area (Å²) in [6.07, 6.45) is 1.62. The molecule has 1 aliphatic heterocycles. The van der Waals surface area contributed by atoms with Crippen LogP contribution in [0.1, 0.15) is 11.1 Å². The number of benzene rings is 4. The Morgan fingerprint density at radius 1 is 1.00 bits per heavy atom. The highest BCUT2D eigenvalue weighted by Crippen LogP contribution is 2.36. The molecule has 1 saturated heterocycles. The van der Waals surface area contributed by atoms with Crippen LogP contribution in [0, 0.1) is 3.57 Å². The second-order valence-corrected chi connectivity index (χ2v) is 9.66. The molecule has 0 aliphatic carbocycles. The van der Waals surface area contributed by atoms with E-state index in [1.165, 1.54) is 0 Å². The van der Waals surface area contributed by atoms with Gasteiger partial charge in [-0.05, 0) is 87.0 Å². The highest BCUT2D eigenvalue weighted by molar-refractivity contribution is 14.1. The molecule has 0 unspecified atom stereocenters. The van der Waals surface area contributed by atoms with Gasteiger partial charge in [0.25, 0.3) is 5.91 Å². The van der Waals surface area contributed by atoms with Crippen LogP contribution in [0.25, 0.3) is 16.8 Å². The van der Waals surface area contributed by atoms with Crippen LogP contribution in [-0.2, 0) is 11.4 Å². The van der Waals surface area contributed by atoms with Gasteiger partial charge < -0.3 is 14.8 Å². The van der Waals surface area contributed by atoms with Crippen molar-refractivity contribution >= 4 is 68.7 Å². The van der Waals surface area contributed by atoms with Crippen molar-refractivity contribution in [2.24, 2.45) is 0 Å². The van der Waals surface area contributed by atoms with Crippen molar-refractivity contribution in [2.45, 2.75) is 6.61 Å². The van der Waals surface area contributed by atoms with Gasteiger partial charge in [-0.3, -0.25) is 4.79 Å². The molecule has 8 heteroatoms. The minimum atomic E-state index is -0.523. The molecule has 0 radical (unpaired) electrons. The second-order valence-electron chi connectivity index (χ2n) is 8.07. The molecule has 3 amide bonds. The van der Waals surface area contributed by atoms with Crippen LogP contribution >= 0.6 is 34.2 Å². The van der Waals surface area contributed by atoms with Crippen molar-refractivity contribution in [2.75, 3.05) is 12.0 Å². The largest absolute Gasteiger partial charge is 0.493 e. The van der Waals surface area contributed by atoms with Crippen molar-refractivity contribution in [1.29, 1.82) is 0 Å². The molecule has 4 aromatic carbocycles. The Balaban J connectivity index is 1.40. The maximum absolute atomic E-state index is 13.0. The first-order valence-corrected chi connectivity index (χ1v) is 12.5. The van der Waals surface area contributed by atoms with E-state index in [-0.39, 0.29) is 5.70 Å². The lowest BCUT2D eigenvalue weighted by molar-refractivity contribution is -0.113. The zero-order chi connectivity index (χ0) is 25.2. The zero-order valence-corrected chi connectivity index (χ0v) is 22.0. The lowest BCUT2D eigenvalue weighted by atomic mass is 10.1. The molecule has 1 N–H and O–H groups in total. The van der Waals surface area contributed by atoms with Crippen LogP contribution in [0.5, 0.6) is 11.5 Å². The highest BCUT2D eigenvalue weighted by atomic mass is 127. The van der Waals surface area contributed by atoms with Gasteiger partial charge in [0.2, 0.25) is 0 Å². The minimum absolute atomic E-state index is 0.164. The number of urea groups is 1. The monoisotopic (exact) mass is 610 g/mol. The number of anilines is 1. The summed E-state index contributed by atoms with van der Waals surface area (Å²) in [5, 5.41) is 5.45. The van der Waals surface area contributed by atoms with E-state index in [0.717, 1.165) is 24.8 Å². The number of hydrogen-bond acceptors (Lipinski definition) is 4. The number of nitrogens with one attached hydrogen (secondary N) is 1. The van der Waals surface area contributed by atoms with E-state index < -0.39 is 11.9 Å². The average Bonchev–Trinajstić information content (AvgIpc) is 3.16. The molecule has 1 fully saturated rings. The first-order valence-electron chi connectivity index (χ1n) is 11.0. The smallest absolute Gasteiger partial charge is 0.333 e. The first-order chi connectivity index (χ1) is 17.4. The third-order valence-electron chi connectivity index (χ3n) is 5.78. The van der Waals surface area contributed by atoms with E-state index in [2.05, 4.69) is 46.1 Å². The van der Waals surface area contributed by atoms with Gasteiger partial charge in [0, 0.05) is 5.02 Å². The average molecular weight is 611 g/mol. The quantitative estimate of drug-likeness (QED) is 0.148.